The Labute approximate surface area is 97.4 Å². The van der Waals surface area contributed by atoms with Crippen LogP contribution in [0.4, 0.5) is 0 Å². The van der Waals surface area contributed by atoms with E-state index < -0.39 is 11.4 Å². The average molecular weight is 221 g/mol. The van der Waals surface area contributed by atoms with Gasteiger partial charge in [-0.25, -0.2) is 4.79 Å². The van der Waals surface area contributed by atoms with Crippen LogP contribution in [0.25, 0.3) is 0 Å². The van der Waals surface area contributed by atoms with Gasteiger partial charge >= 0.3 is 5.97 Å². The van der Waals surface area contributed by atoms with Gasteiger partial charge in [0.2, 0.25) is 0 Å². The maximum absolute atomic E-state index is 11.9. The third-order valence-corrected chi connectivity index (χ3v) is 2.45. The van der Waals surface area contributed by atoms with Crippen LogP contribution in [-0.4, -0.2) is 12.6 Å². The third-order valence-electron chi connectivity index (χ3n) is 2.45. The molecule has 0 aliphatic carbocycles. The Morgan fingerprint density at radius 1 is 1.56 bits per heavy atom. The molecule has 0 bridgehead atoms. The second kappa shape index (κ2) is 6.84. The van der Waals surface area contributed by atoms with Crippen molar-refractivity contribution in [3.63, 3.8) is 0 Å². The van der Waals surface area contributed by atoms with Crippen LogP contribution in [0.3, 0.4) is 0 Å². The SMILES string of the molecule is C=CC[C@](C#N)(C(=O)OCC)/C(C)=C/CC. The fraction of sp³-hybridized carbons (Fsp3) is 0.538. The number of nitrogens with zero attached hydrogens (tertiary/aromatic N) is 1. The van der Waals surface area contributed by atoms with Crippen molar-refractivity contribution >= 4 is 5.97 Å². The van der Waals surface area contributed by atoms with Crippen molar-refractivity contribution in [1.82, 2.24) is 0 Å². The van der Waals surface area contributed by atoms with Crippen molar-refractivity contribution < 1.29 is 9.53 Å². The predicted octanol–water partition coefficient (Wildman–Crippen LogP) is 2.99. The van der Waals surface area contributed by atoms with Crippen molar-refractivity contribution in [2.45, 2.75) is 33.6 Å². The lowest BCUT2D eigenvalue weighted by Crippen LogP contribution is -2.32. The molecule has 0 rings (SSSR count). The summed E-state index contributed by atoms with van der Waals surface area (Å²) in [5.74, 6) is -0.486. The van der Waals surface area contributed by atoms with Crippen LogP contribution in [0.1, 0.15) is 33.6 Å². The van der Waals surface area contributed by atoms with E-state index in [9.17, 15) is 10.1 Å². The molecular formula is C13H19NO2. The zero-order chi connectivity index (χ0) is 12.6. The van der Waals surface area contributed by atoms with Crippen molar-refractivity contribution in [2.24, 2.45) is 5.41 Å². The van der Waals surface area contributed by atoms with Crippen LogP contribution >= 0.6 is 0 Å². The molecule has 0 aliphatic heterocycles. The van der Waals surface area contributed by atoms with Gasteiger partial charge in [-0.3, -0.25) is 0 Å². The van der Waals surface area contributed by atoms with E-state index in [4.69, 9.17) is 4.74 Å². The van der Waals surface area contributed by atoms with Gasteiger partial charge in [-0.15, -0.1) is 6.58 Å². The number of carbonyl (C=O) groups excluding carboxylic acids is 1. The van der Waals surface area contributed by atoms with Gasteiger partial charge in [0.05, 0.1) is 12.7 Å². The lowest BCUT2D eigenvalue weighted by Gasteiger charge is -2.24. The summed E-state index contributed by atoms with van der Waals surface area (Å²) < 4.78 is 4.97. The second-order valence-corrected chi connectivity index (χ2v) is 3.53. The Bertz CT molecular complexity index is 325. The van der Waals surface area contributed by atoms with Crippen molar-refractivity contribution in [3.8, 4) is 6.07 Å². The number of carbonyl (C=O) groups is 1. The van der Waals surface area contributed by atoms with Crippen LogP contribution in [-0.2, 0) is 9.53 Å². The summed E-state index contributed by atoms with van der Waals surface area (Å²) in [7, 11) is 0. The van der Waals surface area contributed by atoms with Gasteiger partial charge < -0.3 is 4.74 Å². The Morgan fingerprint density at radius 2 is 2.19 bits per heavy atom. The molecule has 1 atom stereocenters. The first-order valence-corrected chi connectivity index (χ1v) is 5.45. The van der Waals surface area contributed by atoms with Crippen molar-refractivity contribution in [3.05, 3.63) is 24.3 Å². The number of nitriles is 1. The van der Waals surface area contributed by atoms with E-state index in [1.165, 1.54) is 0 Å². The fourth-order valence-electron chi connectivity index (χ4n) is 1.54. The smallest absolute Gasteiger partial charge is 0.331 e. The summed E-state index contributed by atoms with van der Waals surface area (Å²) in [5.41, 5.74) is -0.468. The molecule has 0 fully saturated rings. The molecule has 0 aromatic carbocycles. The first kappa shape index (κ1) is 14.4. The van der Waals surface area contributed by atoms with Gasteiger partial charge in [-0.1, -0.05) is 19.1 Å². The van der Waals surface area contributed by atoms with Crippen LogP contribution < -0.4 is 0 Å². The molecule has 0 amide bonds. The van der Waals surface area contributed by atoms with E-state index in [0.29, 0.717) is 0 Å². The summed E-state index contributed by atoms with van der Waals surface area (Å²) in [6.45, 7) is 9.35. The summed E-state index contributed by atoms with van der Waals surface area (Å²) in [4.78, 5) is 11.9. The van der Waals surface area contributed by atoms with E-state index in [0.717, 1.165) is 12.0 Å². The minimum absolute atomic E-state index is 0.277. The quantitative estimate of drug-likeness (QED) is 0.511. The molecule has 88 valence electrons. The number of ether oxygens (including phenoxy) is 1. The van der Waals surface area contributed by atoms with Gasteiger partial charge in [-0.2, -0.15) is 5.26 Å². The normalized spacial score (nSPS) is 14.8. The molecule has 0 aliphatic rings. The van der Waals surface area contributed by atoms with Gasteiger partial charge in [0, 0.05) is 0 Å². The highest BCUT2D eigenvalue weighted by Crippen LogP contribution is 2.33. The van der Waals surface area contributed by atoms with Gasteiger partial charge in [0.1, 0.15) is 0 Å². The Balaban J connectivity index is 5.32. The first-order chi connectivity index (χ1) is 7.58. The third kappa shape index (κ3) is 2.96. The van der Waals surface area contributed by atoms with Crippen molar-refractivity contribution in [2.75, 3.05) is 6.61 Å². The highest BCUT2D eigenvalue weighted by molar-refractivity contribution is 5.84. The highest BCUT2D eigenvalue weighted by Gasteiger charge is 2.40. The largest absolute Gasteiger partial charge is 0.465 e. The summed E-state index contributed by atoms with van der Waals surface area (Å²) in [6, 6.07) is 2.07. The maximum atomic E-state index is 11.9. The van der Waals surface area contributed by atoms with E-state index in [-0.39, 0.29) is 13.0 Å². The molecular weight excluding hydrogens is 202 g/mol. The average Bonchev–Trinajstić information content (AvgIpc) is 2.26. The monoisotopic (exact) mass is 221 g/mol. The van der Waals surface area contributed by atoms with E-state index >= 15 is 0 Å². The Morgan fingerprint density at radius 3 is 2.56 bits per heavy atom. The standard InChI is InChI=1S/C13H19NO2/c1-5-8-11(4)13(10-14,9-6-2)12(15)16-7-3/h6,8H,2,5,7,9H2,1,3-4H3/b11-8+/t13-/m1/s1. The molecule has 0 heterocycles. The van der Waals surface area contributed by atoms with Gasteiger partial charge in [0.25, 0.3) is 0 Å². The van der Waals surface area contributed by atoms with E-state index in [2.05, 4.69) is 12.6 Å². The van der Waals surface area contributed by atoms with Crippen LogP contribution in [0.5, 0.6) is 0 Å². The summed E-state index contributed by atoms with van der Waals surface area (Å²) in [6.07, 6.45) is 4.52. The summed E-state index contributed by atoms with van der Waals surface area (Å²) >= 11 is 0. The fourth-order valence-corrected chi connectivity index (χ4v) is 1.54. The Hall–Kier alpha value is -1.56. The zero-order valence-corrected chi connectivity index (χ0v) is 10.2. The Kier molecular flexibility index (Phi) is 6.17. The molecule has 3 heteroatoms. The van der Waals surface area contributed by atoms with E-state index in [1.54, 1.807) is 19.9 Å². The second-order valence-electron chi connectivity index (χ2n) is 3.53. The molecule has 0 spiro atoms. The number of allylic oxidation sites excluding steroid dienone is 2. The van der Waals surface area contributed by atoms with Crippen LogP contribution in [0.2, 0.25) is 0 Å². The molecule has 0 aromatic rings. The van der Waals surface area contributed by atoms with Gasteiger partial charge in [0.15, 0.2) is 5.41 Å². The molecule has 0 saturated carbocycles. The molecule has 0 saturated heterocycles. The molecule has 0 radical (unpaired) electrons. The molecule has 0 aromatic heterocycles. The minimum atomic E-state index is -1.20. The molecule has 16 heavy (non-hydrogen) atoms. The predicted molar refractivity (Wildman–Crippen MR) is 63.5 cm³/mol. The molecule has 0 N–H and O–H groups in total. The number of esters is 1. The minimum Gasteiger partial charge on any atom is -0.465 e. The number of hydrogen-bond acceptors (Lipinski definition) is 3. The highest BCUT2D eigenvalue weighted by atomic mass is 16.5. The lowest BCUT2D eigenvalue weighted by molar-refractivity contribution is -0.149. The maximum Gasteiger partial charge on any atom is 0.331 e. The first-order valence-electron chi connectivity index (χ1n) is 5.45. The van der Waals surface area contributed by atoms with Crippen LogP contribution in [0.15, 0.2) is 24.3 Å². The van der Waals surface area contributed by atoms with Crippen LogP contribution in [0, 0.1) is 16.7 Å². The molecule has 3 nitrogen and oxygen atoms in total. The van der Waals surface area contributed by atoms with Crippen molar-refractivity contribution in [1.29, 1.82) is 5.26 Å². The zero-order valence-electron chi connectivity index (χ0n) is 10.2. The summed E-state index contributed by atoms with van der Waals surface area (Å²) in [5, 5.41) is 9.26. The number of hydrogen-bond donors (Lipinski definition) is 0. The number of rotatable bonds is 6. The molecule has 0 unspecified atom stereocenters. The van der Waals surface area contributed by atoms with Gasteiger partial charge in [-0.05, 0) is 32.3 Å². The topological polar surface area (TPSA) is 50.1 Å². The lowest BCUT2D eigenvalue weighted by atomic mass is 9.78. The van der Waals surface area contributed by atoms with E-state index in [1.807, 2.05) is 13.0 Å².